The molecule has 0 aliphatic carbocycles. The average Bonchev–Trinajstić information content (AvgIpc) is 3.15. The Bertz CT molecular complexity index is 1090. The monoisotopic (exact) mass is 365 g/mol. The Morgan fingerprint density at radius 1 is 1.12 bits per heavy atom. The van der Waals surface area contributed by atoms with Crippen molar-refractivity contribution in [2.45, 2.75) is 13.3 Å². The predicted octanol–water partition coefficient (Wildman–Crippen LogP) is 3.34. The van der Waals surface area contributed by atoms with Crippen LogP contribution in [0.1, 0.15) is 43.6 Å². The molecule has 0 unspecified atom stereocenters. The molecule has 26 heavy (non-hydrogen) atoms. The number of carbonyl (C=O) groups is 3. The number of aryl methyl sites for hydroxylation is 1. The molecule has 6 nitrogen and oxygen atoms in total. The van der Waals surface area contributed by atoms with Crippen LogP contribution in [0, 0.1) is 0 Å². The molecule has 0 fully saturated rings. The smallest absolute Gasteiger partial charge is 0.261 e. The maximum Gasteiger partial charge on any atom is 0.261 e. The van der Waals surface area contributed by atoms with Crippen molar-refractivity contribution in [2.24, 2.45) is 0 Å². The molecule has 0 atom stereocenters. The van der Waals surface area contributed by atoms with Gasteiger partial charge in [0.05, 0.1) is 21.3 Å². The molecule has 0 spiro atoms. The number of nitrogens with one attached hydrogen (secondary N) is 1. The lowest BCUT2D eigenvalue weighted by Gasteiger charge is -2.03. The van der Waals surface area contributed by atoms with Gasteiger partial charge in [0.15, 0.2) is 5.13 Å². The topological polar surface area (TPSA) is 79.4 Å². The van der Waals surface area contributed by atoms with Crippen LogP contribution in [0.15, 0.2) is 36.4 Å². The number of thiazole rings is 1. The largest absolute Gasteiger partial charge is 0.298 e. The van der Waals surface area contributed by atoms with Crippen molar-refractivity contribution in [1.82, 2.24) is 9.88 Å². The molecule has 1 aliphatic heterocycles. The average molecular weight is 365 g/mol. The van der Waals surface area contributed by atoms with Crippen LogP contribution in [0.4, 0.5) is 5.13 Å². The molecule has 0 bridgehead atoms. The van der Waals surface area contributed by atoms with E-state index in [1.165, 1.54) is 36.1 Å². The molecule has 1 aliphatic rings. The molecular formula is C19H15N3O3S. The van der Waals surface area contributed by atoms with E-state index in [-0.39, 0.29) is 17.4 Å². The van der Waals surface area contributed by atoms with Crippen molar-refractivity contribution in [3.63, 3.8) is 0 Å². The number of hydrogen-bond donors (Lipinski definition) is 1. The van der Waals surface area contributed by atoms with E-state index in [2.05, 4.69) is 23.3 Å². The number of benzene rings is 2. The first kappa shape index (κ1) is 16.4. The number of rotatable bonds is 3. The van der Waals surface area contributed by atoms with Gasteiger partial charge < -0.3 is 0 Å². The highest BCUT2D eigenvalue weighted by atomic mass is 32.1. The summed E-state index contributed by atoms with van der Waals surface area (Å²) in [6, 6.07) is 10.5. The van der Waals surface area contributed by atoms with Crippen LogP contribution >= 0.6 is 11.3 Å². The van der Waals surface area contributed by atoms with Crippen molar-refractivity contribution in [3.05, 3.63) is 58.7 Å². The van der Waals surface area contributed by atoms with Gasteiger partial charge in [-0.1, -0.05) is 24.3 Å². The summed E-state index contributed by atoms with van der Waals surface area (Å²) in [5.74, 6) is -1.11. The van der Waals surface area contributed by atoms with Crippen LogP contribution in [0.2, 0.25) is 0 Å². The highest BCUT2D eigenvalue weighted by Crippen LogP contribution is 2.28. The maximum atomic E-state index is 12.5. The molecule has 130 valence electrons. The van der Waals surface area contributed by atoms with Crippen LogP contribution in [-0.4, -0.2) is 34.7 Å². The third-order valence-corrected chi connectivity index (χ3v) is 5.37. The molecular weight excluding hydrogens is 350 g/mol. The minimum absolute atomic E-state index is 0.252. The number of fused-ring (bicyclic) bond motifs is 2. The molecule has 2 aromatic carbocycles. The summed E-state index contributed by atoms with van der Waals surface area (Å²) in [6.45, 7) is 2.09. The van der Waals surface area contributed by atoms with E-state index in [4.69, 9.17) is 0 Å². The zero-order valence-electron chi connectivity index (χ0n) is 14.2. The molecule has 2 heterocycles. The fourth-order valence-corrected chi connectivity index (χ4v) is 3.84. The number of aromatic nitrogens is 1. The second-order valence-corrected chi connectivity index (χ2v) is 7.09. The number of hydrogen-bond acceptors (Lipinski definition) is 5. The minimum Gasteiger partial charge on any atom is -0.298 e. The molecule has 3 aromatic rings. The zero-order valence-corrected chi connectivity index (χ0v) is 15.0. The fraction of sp³-hybridized carbons (Fsp3) is 0.158. The summed E-state index contributed by atoms with van der Waals surface area (Å²) < 4.78 is 1.01. The number of anilines is 1. The Kier molecular flexibility index (Phi) is 3.81. The van der Waals surface area contributed by atoms with E-state index in [1.807, 2.05) is 12.1 Å². The molecule has 1 N–H and O–H groups in total. The van der Waals surface area contributed by atoms with Gasteiger partial charge in [0.25, 0.3) is 17.7 Å². The molecule has 0 radical (unpaired) electrons. The highest BCUT2D eigenvalue weighted by molar-refractivity contribution is 7.22. The Labute approximate surface area is 153 Å². The predicted molar refractivity (Wildman–Crippen MR) is 99.8 cm³/mol. The fourth-order valence-electron chi connectivity index (χ4n) is 2.91. The van der Waals surface area contributed by atoms with Crippen molar-refractivity contribution < 1.29 is 14.4 Å². The van der Waals surface area contributed by atoms with Gasteiger partial charge in [-0.15, -0.1) is 0 Å². The standard InChI is InChI=1S/C19H15N3O3S/c1-3-10-4-7-14-15(8-10)26-19(20-14)21-16(23)11-5-6-12-13(9-11)18(25)22(2)17(12)24/h4-9H,3H2,1-2H3,(H,20,21,23). The number of imide groups is 1. The van der Waals surface area contributed by atoms with Crippen molar-refractivity contribution in [3.8, 4) is 0 Å². The molecule has 4 rings (SSSR count). The SMILES string of the molecule is CCc1ccc2nc(NC(=O)c3ccc4c(c3)C(=O)N(C)C4=O)sc2c1. The third kappa shape index (κ3) is 2.57. The summed E-state index contributed by atoms with van der Waals surface area (Å²) in [6.07, 6.45) is 0.936. The summed E-state index contributed by atoms with van der Waals surface area (Å²) in [7, 11) is 1.43. The third-order valence-electron chi connectivity index (χ3n) is 4.43. The quantitative estimate of drug-likeness (QED) is 0.722. The normalized spacial score (nSPS) is 13.4. The van der Waals surface area contributed by atoms with Crippen LogP contribution < -0.4 is 5.32 Å². The first-order valence-electron chi connectivity index (χ1n) is 8.15. The van der Waals surface area contributed by atoms with E-state index in [0.717, 1.165) is 21.5 Å². The second kappa shape index (κ2) is 6.03. The van der Waals surface area contributed by atoms with Crippen molar-refractivity contribution >= 4 is 44.4 Å². The highest BCUT2D eigenvalue weighted by Gasteiger charge is 2.33. The summed E-state index contributed by atoms with van der Waals surface area (Å²) in [5.41, 5.74) is 2.93. The van der Waals surface area contributed by atoms with Crippen LogP contribution in [0.25, 0.3) is 10.2 Å². The molecule has 0 saturated heterocycles. The number of amides is 3. The van der Waals surface area contributed by atoms with E-state index >= 15 is 0 Å². The van der Waals surface area contributed by atoms with Crippen LogP contribution in [0.5, 0.6) is 0 Å². The van der Waals surface area contributed by atoms with Gasteiger partial charge in [-0.3, -0.25) is 24.6 Å². The molecule has 0 saturated carbocycles. The molecule has 1 aromatic heterocycles. The van der Waals surface area contributed by atoms with Gasteiger partial charge in [-0.05, 0) is 42.3 Å². The summed E-state index contributed by atoms with van der Waals surface area (Å²) in [5, 5.41) is 3.27. The number of carbonyl (C=O) groups excluding carboxylic acids is 3. The maximum absolute atomic E-state index is 12.5. The van der Waals surface area contributed by atoms with Crippen LogP contribution in [-0.2, 0) is 6.42 Å². The van der Waals surface area contributed by atoms with Gasteiger partial charge in [-0.25, -0.2) is 4.98 Å². The zero-order chi connectivity index (χ0) is 18.4. The lowest BCUT2D eigenvalue weighted by Crippen LogP contribution is -2.24. The van der Waals surface area contributed by atoms with E-state index in [0.29, 0.717) is 16.3 Å². The Morgan fingerprint density at radius 3 is 2.65 bits per heavy atom. The van der Waals surface area contributed by atoms with E-state index < -0.39 is 5.91 Å². The number of nitrogens with zero attached hydrogens (tertiary/aromatic N) is 2. The van der Waals surface area contributed by atoms with Crippen molar-refractivity contribution in [1.29, 1.82) is 0 Å². The molecule has 7 heteroatoms. The van der Waals surface area contributed by atoms with Gasteiger partial charge in [0.1, 0.15) is 0 Å². The van der Waals surface area contributed by atoms with E-state index in [1.54, 1.807) is 6.07 Å². The second-order valence-electron chi connectivity index (χ2n) is 6.06. The summed E-state index contributed by atoms with van der Waals surface area (Å²) in [4.78, 5) is 42.0. The Hall–Kier alpha value is -3.06. The Balaban J connectivity index is 1.61. The van der Waals surface area contributed by atoms with Gasteiger partial charge in [-0.2, -0.15) is 0 Å². The molecule has 3 amide bonds. The Morgan fingerprint density at radius 2 is 1.88 bits per heavy atom. The van der Waals surface area contributed by atoms with Crippen LogP contribution in [0.3, 0.4) is 0 Å². The van der Waals surface area contributed by atoms with Gasteiger partial charge >= 0.3 is 0 Å². The lowest BCUT2D eigenvalue weighted by atomic mass is 10.1. The summed E-state index contributed by atoms with van der Waals surface area (Å²) >= 11 is 1.40. The first-order chi connectivity index (χ1) is 12.5. The first-order valence-corrected chi connectivity index (χ1v) is 8.97. The van der Waals surface area contributed by atoms with E-state index in [9.17, 15) is 14.4 Å². The van der Waals surface area contributed by atoms with Gasteiger partial charge in [0, 0.05) is 12.6 Å². The van der Waals surface area contributed by atoms with Gasteiger partial charge in [0.2, 0.25) is 0 Å². The lowest BCUT2D eigenvalue weighted by molar-refractivity contribution is 0.0693. The minimum atomic E-state index is -0.397. The van der Waals surface area contributed by atoms with Crippen molar-refractivity contribution in [2.75, 3.05) is 12.4 Å².